The number of aliphatic hydroxyl groups excluding tert-OH is 1. The lowest BCUT2D eigenvalue weighted by atomic mass is 9.85. The second-order valence-electron chi connectivity index (χ2n) is 17.7. The smallest absolute Gasteiger partial charge is 0.475 e. The Morgan fingerprint density at radius 2 is 1.58 bits per heavy atom. The van der Waals surface area contributed by atoms with Crippen molar-refractivity contribution in [3.05, 3.63) is 76.4 Å². The number of benzene rings is 2. The largest absolute Gasteiger partial charge is 0.490 e. The van der Waals surface area contributed by atoms with Gasteiger partial charge in [-0.25, -0.2) is 9.78 Å². The fourth-order valence-corrected chi connectivity index (χ4v) is 8.35. The molecule has 1 aromatic heterocycles. The number of hydrogen-bond donors (Lipinski definition) is 6. The van der Waals surface area contributed by atoms with E-state index in [1.807, 2.05) is 64.4 Å². The monoisotopic (exact) mass is 917 g/mol. The minimum atomic E-state index is -5.08. The van der Waals surface area contributed by atoms with E-state index in [-0.39, 0.29) is 68.3 Å². The average molecular weight is 918 g/mol. The van der Waals surface area contributed by atoms with E-state index in [0.29, 0.717) is 18.9 Å². The van der Waals surface area contributed by atoms with E-state index >= 15 is 0 Å². The van der Waals surface area contributed by atoms with E-state index < -0.39 is 35.7 Å². The Morgan fingerprint density at radius 3 is 2.12 bits per heavy atom. The van der Waals surface area contributed by atoms with Crippen LogP contribution >= 0.6 is 11.3 Å². The number of likely N-dealkylation sites (tertiary alicyclic amines) is 2. The number of carboxylic acid groups (broad SMARTS) is 1. The molecule has 3 heterocycles. The summed E-state index contributed by atoms with van der Waals surface area (Å²) in [6.07, 6.45) is -2.37. The number of ether oxygens (including phenoxy) is 1. The summed E-state index contributed by atoms with van der Waals surface area (Å²) in [5, 5.41) is 23.7. The molecule has 2 aliphatic rings. The molecule has 15 nitrogen and oxygen atoms in total. The molecule has 0 aliphatic carbocycles. The van der Waals surface area contributed by atoms with Gasteiger partial charge in [0, 0.05) is 32.0 Å². The van der Waals surface area contributed by atoms with E-state index in [1.165, 1.54) is 10.5 Å². The highest BCUT2D eigenvalue weighted by Gasteiger charge is 2.44. The number of β-amino-alcohol motifs (C(OH)–C–C–N with tert-alkyl or cyclic N) is 1. The van der Waals surface area contributed by atoms with E-state index in [4.69, 9.17) is 26.1 Å². The molecule has 2 fully saturated rings. The van der Waals surface area contributed by atoms with Gasteiger partial charge in [-0.05, 0) is 86.2 Å². The van der Waals surface area contributed by atoms with Gasteiger partial charge in [-0.3, -0.25) is 24.1 Å². The number of aryl methyl sites for hydroxylation is 1. The number of aliphatic hydroxyl groups is 1. The first-order valence-corrected chi connectivity index (χ1v) is 22.2. The molecule has 0 unspecified atom stereocenters. The number of primary amides is 1. The highest BCUT2D eigenvalue weighted by Crippen LogP contribution is 2.29. The van der Waals surface area contributed by atoms with Gasteiger partial charge in [-0.2, -0.15) is 13.2 Å². The van der Waals surface area contributed by atoms with Gasteiger partial charge in [-0.1, -0.05) is 69.3 Å². The number of piperidine rings is 1. The van der Waals surface area contributed by atoms with E-state index in [2.05, 4.69) is 44.8 Å². The van der Waals surface area contributed by atoms with Crippen molar-refractivity contribution in [2.75, 3.05) is 26.2 Å². The molecule has 0 bridgehead atoms. The Labute approximate surface area is 376 Å². The molecular weight excluding hydrogens is 856 g/mol. The van der Waals surface area contributed by atoms with Gasteiger partial charge in [0.2, 0.25) is 23.6 Å². The van der Waals surface area contributed by atoms with Crippen LogP contribution < -0.4 is 22.1 Å². The number of amides is 4. The molecule has 8 N–H and O–H groups in total. The van der Waals surface area contributed by atoms with Crippen molar-refractivity contribution in [1.29, 1.82) is 0 Å². The highest BCUT2D eigenvalue weighted by atomic mass is 32.1. The summed E-state index contributed by atoms with van der Waals surface area (Å²) >= 11 is 1.58. The zero-order chi connectivity index (χ0) is 47.4. The van der Waals surface area contributed by atoms with Gasteiger partial charge in [0.15, 0.2) is 0 Å². The second-order valence-corrected chi connectivity index (χ2v) is 18.5. The van der Waals surface area contributed by atoms with Gasteiger partial charge in [0.05, 0.1) is 41.4 Å². The summed E-state index contributed by atoms with van der Waals surface area (Å²) in [7, 11) is 0. The third-order valence-corrected chi connectivity index (χ3v) is 12.4. The van der Waals surface area contributed by atoms with Gasteiger partial charge in [0.25, 0.3) is 0 Å². The molecule has 3 aromatic rings. The van der Waals surface area contributed by atoms with Crippen molar-refractivity contribution < 1.29 is 52.1 Å². The van der Waals surface area contributed by atoms with Crippen molar-refractivity contribution in [3.8, 4) is 10.4 Å². The lowest BCUT2D eigenvalue weighted by Crippen LogP contribution is -2.58. The van der Waals surface area contributed by atoms with Crippen molar-refractivity contribution >= 4 is 40.9 Å². The first-order valence-electron chi connectivity index (χ1n) is 21.3. The number of carboxylic acids is 1. The van der Waals surface area contributed by atoms with Crippen LogP contribution in [0.2, 0.25) is 0 Å². The van der Waals surface area contributed by atoms with Crippen LogP contribution in [0.25, 0.3) is 10.4 Å². The van der Waals surface area contributed by atoms with Gasteiger partial charge < -0.3 is 42.0 Å². The number of aromatic nitrogens is 1. The molecule has 5 rings (SSSR count). The minimum Gasteiger partial charge on any atom is -0.475 e. The predicted octanol–water partition coefficient (Wildman–Crippen LogP) is 4.31. The molecule has 2 aliphatic heterocycles. The molecule has 5 atom stereocenters. The van der Waals surface area contributed by atoms with Crippen molar-refractivity contribution in [1.82, 2.24) is 25.4 Å². The lowest BCUT2D eigenvalue weighted by Gasteiger charge is -2.36. The van der Waals surface area contributed by atoms with Crippen molar-refractivity contribution in [2.45, 2.75) is 123 Å². The molecule has 0 spiro atoms. The lowest BCUT2D eigenvalue weighted by molar-refractivity contribution is -0.192. The fraction of sp³-hybridized carbons (Fsp3) is 0.556. The second kappa shape index (κ2) is 23.3. The number of hydrogen-bond acceptors (Lipinski definition) is 11. The number of alkyl halides is 3. The third kappa shape index (κ3) is 15.9. The van der Waals surface area contributed by atoms with E-state index in [1.54, 1.807) is 11.3 Å². The van der Waals surface area contributed by atoms with Crippen LogP contribution in [0, 0.1) is 18.3 Å². The number of nitrogens with zero attached hydrogens (tertiary/aromatic N) is 3. The predicted molar refractivity (Wildman–Crippen MR) is 235 cm³/mol. The summed E-state index contributed by atoms with van der Waals surface area (Å²) in [6.45, 7) is 12.1. The molecular formula is C45H62F3N7O8S. The topological polar surface area (TPSA) is 231 Å². The zero-order valence-corrected chi connectivity index (χ0v) is 37.8. The fourth-order valence-electron chi connectivity index (χ4n) is 7.54. The number of thiazole rings is 1. The zero-order valence-electron chi connectivity index (χ0n) is 37.0. The molecule has 352 valence electrons. The molecule has 2 aromatic carbocycles. The molecule has 64 heavy (non-hydrogen) atoms. The van der Waals surface area contributed by atoms with E-state index in [0.717, 1.165) is 59.6 Å². The maximum atomic E-state index is 14.1. The average Bonchev–Trinajstić information content (AvgIpc) is 3.85. The van der Waals surface area contributed by atoms with Crippen LogP contribution in [0.1, 0.15) is 82.2 Å². The van der Waals surface area contributed by atoms with Gasteiger partial charge >= 0.3 is 12.1 Å². The number of carbonyl (C=O) groups excluding carboxylic acids is 4. The SMILES string of the molecule is Cc1ncsc1-c1ccc(CNC(=O)[C@@H]2C[C@@H](O)CN2C(=O)[C@@H](NC(=O)CN2CCC(Cc3ccc(CO[C@H](C)[C@@H](N)CCC(N)=O)cc3)CC2)C(C)(C)C)cc1.O=C(O)C(F)(F)F. The Hall–Kier alpha value is -4.95. The first kappa shape index (κ1) is 51.7. The molecule has 19 heteroatoms. The highest BCUT2D eigenvalue weighted by molar-refractivity contribution is 7.13. The summed E-state index contributed by atoms with van der Waals surface area (Å²) in [4.78, 5) is 69.9. The Morgan fingerprint density at radius 1 is 0.984 bits per heavy atom. The maximum Gasteiger partial charge on any atom is 0.490 e. The van der Waals surface area contributed by atoms with Crippen molar-refractivity contribution in [3.63, 3.8) is 0 Å². The first-order chi connectivity index (χ1) is 30.0. The molecule has 0 radical (unpaired) electrons. The van der Waals surface area contributed by atoms with Crippen LogP contribution in [-0.2, 0) is 48.3 Å². The van der Waals surface area contributed by atoms with Crippen LogP contribution in [0.5, 0.6) is 0 Å². The number of halogens is 3. The minimum absolute atomic E-state index is 0.0277. The van der Waals surface area contributed by atoms with Crippen molar-refractivity contribution in [2.24, 2.45) is 22.8 Å². The number of nitrogens with two attached hydrogens (primary N) is 2. The number of carbonyl (C=O) groups is 5. The Balaban J connectivity index is 0.00000118. The Kier molecular flexibility index (Phi) is 18.8. The third-order valence-electron chi connectivity index (χ3n) is 11.4. The van der Waals surface area contributed by atoms with Crippen LogP contribution in [-0.4, -0.2) is 117 Å². The van der Waals surface area contributed by atoms with Gasteiger partial charge in [-0.15, -0.1) is 11.3 Å². The van der Waals surface area contributed by atoms with Crippen LogP contribution in [0.15, 0.2) is 54.0 Å². The standard InChI is InChI=1S/C43H61N7O6S.C2HF3O2/c1-27-39(57-26-47-27)33-12-10-31(11-13-33)22-46-41(54)36-21-34(51)23-50(36)42(55)40(43(3,4)5)48-38(53)24-49-18-16-30(17-19-49)20-29-6-8-32(9-7-29)25-56-28(2)35(44)14-15-37(45)52;3-2(4,5)1(6)7/h6-13,26,28,30,34-36,40,51H,14-25,44H2,1-5H3,(H2,45,52)(H,46,54)(H,48,53);(H,6,7)/t28-,34-,35+,36+,40-;/m1./s1. The molecule has 2 saturated heterocycles. The number of rotatable bonds is 17. The summed E-state index contributed by atoms with van der Waals surface area (Å²) < 4.78 is 37.7. The maximum absolute atomic E-state index is 14.1. The van der Waals surface area contributed by atoms with Crippen LogP contribution in [0.3, 0.4) is 0 Å². The summed E-state index contributed by atoms with van der Waals surface area (Å²) in [5.74, 6) is -3.56. The number of nitrogens with one attached hydrogen (secondary N) is 2. The summed E-state index contributed by atoms with van der Waals surface area (Å²) in [6, 6.07) is 14.4. The molecule has 4 amide bonds. The summed E-state index contributed by atoms with van der Waals surface area (Å²) in [5.41, 5.74) is 17.8. The normalized spacial score (nSPS) is 18.6. The quantitative estimate of drug-likeness (QED) is 0.112. The van der Waals surface area contributed by atoms with Gasteiger partial charge in [0.1, 0.15) is 12.1 Å². The number of aliphatic carboxylic acids is 1. The van der Waals surface area contributed by atoms with Crippen LogP contribution in [0.4, 0.5) is 13.2 Å². The molecule has 0 saturated carbocycles. The van der Waals surface area contributed by atoms with E-state index in [9.17, 15) is 37.5 Å². The Bertz CT molecular complexity index is 2020.